The summed E-state index contributed by atoms with van der Waals surface area (Å²) in [5, 5.41) is 24.9. The number of rotatable bonds is 16. The van der Waals surface area contributed by atoms with Crippen LogP contribution in [0.3, 0.4) is 0 Å². The Kier molecular flexibility index (Phi) is 11.2. The number of fused-ring (bicyclic) bond motifs is 2. The van der Waals surface area contributed by atoms with Gasteiger partial charge in [-0.3, -0.25) is 0 Å². The summed E-state index contributed by atoms with van der Waals surface area (Å²) in [6.07, 6.45) is -2.68. The van der Waals surface area contributed by atoms with Gasteiger partial charge in [-0.05, 0) is 49.3 Å². The van der Waals surface area contributed by atoms with Crippen molar-refractivity contribution in [2.45, 2.75) is 69.4 Å². The molecule has 0 radical (unpaired) electrons. The van der Waals surface area contributed by atoms with Crippen molar-refractivity contribution in [2.75, 3.05) is 45.4 Å². The fourth-order valence-corrected chi connectivity index (χ4v) is 8.77. The third-order valence-electron chi connectivity index (χ3n) is 9.15. The lowest BCUT2D eigenvalue weighted by Gasteiger charge is -2.43. The number of nitrogens with one attached hydrogen (secondary N) is 1. The van der Waals surface area contributed by atoms with E-state index in [9.17, 15) is 31.8 Å². The van der Waals surface area contributed by atoms with Gasteiger partial charge >= 0.3 is 0 Å². The number of carboxylic acid groups (broad SMARTS) is 1. The molecule has 3 heterocycles. The van der Waals surface area contributed by atoms with Crippen LogP contribution in [0.4, 0.5) is 4.79 Å². The maximum atomic E-state index is 14.3. The van der Waals surface area contributed by atoms with E-state index in [0.717, 1.165) is 14.8 Å². The largest absolute Gasteiger partial charge is 0.530 e. The molecule has 0 aromatic heterocycles. The summed E-state index contributed by atoms with van der Waals surface area (Å²) in [6.45, 7) is 4.99. The maximum absolute atomic E-state index is 14.3. The van der Waals surface area contributed by atoms with Gasteiger partial charge < -0.3 is 38.9 Å². The van der Waals surface area contributed by atoms with Gasteiger partial charge in [0, 0.05) is 31.6 Å². The van der Waals surface area contributed by atoms with E-state index in [1.165, 1.54) is 25.1 Å². The predicted molar refractivity (Wildman–Crippen MR) is 172 cm³/mol. The molecule has 14 nitrogen and oxygen atoms in total. The van der Waals surface area contributed by atoms with Crippen molar-refractivity contribution in [1.29, 1.82) is 0 Å². The van der Waals surface area contributed by atoms with Crippen LogP contribution in [-0.4, -0.2) is 107 Å². The Bertz CT molecular complexity index is 1640. The monoisotopic (exact) mass is 710 g/mol. The van der Waals surface area contributed by atoms with E-state index in [2.05, 4.69) is 4.72 Å². The Morgan fingerprint density at radius 2 is 1.81 bits per heavy atom. The highest BCUT2D eigenvalue weighted by molar-refractivity contribution is 7.89. The lowest BCUT2D eigenvalue weighted by atomic mass is 9.89. The summed E-state index contributed by atoms with van der Waals surface area (Å²) >= 11 is 0. The van der Waals surface area contributed by atoms with Crippen molar-refractivity contribution in [1.82, 2.24) is 13.9 Å². The zero-order valence-electron chi connectivity index (χ0n) is 27.3. The minimum Gasteiger partial charge on any atom is -0.530 e. The van der Waals surface area contributed by atoms with Crippen molar-refractivity contribution in [3.8, 4) is 11.5 Å². The first-order chi connectivity index (χ1) is 22.7. The van der Waals surface area contributed by atoms with E-state index in [1.807, 2.05) is 6.07 Å². The smallest absolute Gasteiger partial charge is 0.243 e. The standard InChI is InChI=1S/C32H45N3O11S2/c1-4-47(39,40)33-14-13-32(2,3)20-34(48(41,42)23-10-11-28-29(17-23)46-21-45-28)18-27(36)25(16-22-8-6-5-7-9-22)35(31(37)38)26-19-44-30-24(26)12-15-43-30/h5-11,17,24-27,30,33,36H,4,12-16,18-21H2,1-3H3,(H,37,38)/p-1/t24-,25-,26-,27+,30+/m0/s1. The molecule has 16 heteroatoms. The number of carbonyl (C=O) groups excluding carboxylic acids is 1. The van der Waals surface area contributed by atoms with Crippen molar-refractivity contribution in [3.63, 3.8) is 0 Å². The van der Waals surface area contributed by atoms with Crippen molar-refractivity contribution in [3.05, 3.63) is 54.1 Å². The van der Waals surface area contributed by atoms with Crippen molar-refractivity contribution < 1.29 is 50.8 Å². The molecular weight excluding hydrogens is 666 g/mol. The van der Waals surface area contributed by atoms with Crippen LogP contribution in [0, 0.1) is 11.3 Å². The molecule has 0 saturated carbocycles. The van der Waals surface area contributed by atoms with Gasteiger partial charge in [0.2, 0.25) is 26.8 Å². The molecule has 1 amide bonds. The normalized spacial score (nSPS) is 22.1. The molecule has 0 unspecified atom stereocenters. The zero-order valence-corrected chi connectivity index (χ0v) is 29.0. The molecule has 5 rings (SSSR count). The number of hydrogen-bond acceptors (Lipinski definition) is 11. The highest BCUT2D eigenvalue weighted by Gasteiger charge is 2.47. The molecule has 3 aliphatic rings. The number of carbonyl (C=O) groups is 1. The van der Waals surface area contributed by atoms with Crippen LogP contribution in [0.2, 0.25) is 0 Å². The van der Waals surface area contributed by atoms with E-state index < -0.39 is 62.6 Å². The summed E-state index contributed by atoms with van der Waals surface area (Å²) < 4.78 is 78.6. The number of aliphatic hydroxyl groups excluding tert-OH is 1. The van der Waals surface area contributed by atoms with Gasteiger partial charge in [-0.2, -0.15) is 4.31 Å². The first-order valence-corrected chi connectivity index (χ1v) is 19.1. The van der Waals surface area contributed by atoms with Gasteiger partial charge in [0.05, 0.1) is 42.0 Å². The lowest BCUT2D eigenvalue weighted by Crippen LogP contribution is -2.61. The summed E-state index contributed by atoms with van der Waals surface area (Å²) in [5.74, 6) is 0.281. The van der Waals surface area contributed by atoms with Gasteiger partial charge in [0.25, 0.3) is 0 Å². The number of nitrogens with zero attached hydrogens (tertiary/aromatic N) is 2. The molecular formula is C32H44N3O11S2-. The molecule has 3 aliphatic heterocycles. The summed E-state index contributed by atoms with van der Waals surface area (Å²) in [5.41, 5.74) is -0.0459. The third-order valence-corrected chi connectivity index (χ3v) is 12.4. The Balaban J connectivity index is 1.48. The first kappa shape index (κ1) is 36.3. The van der Waals surface area contributed by atoms with Gasteiger partial charge in [0.1, 0.15) is 6.09 Å². The second kappa shape index (κ2) is 14.9. The van der Waals surface area contributed by atoms with Gasteiger partial charge in [-0.1, -0.05) is 44.2 Å². The molecule has 5 atom stereocenters. The van der Waals surface area contributed by atoms with Crippen LogP contribution in [0.15, 0.2) is 53.4 Å². The van der Waals surface area contributed by atoms with Gasteiger partial charge in [-0.25, -0.2) is 21.6 Å². The average molecular weight is 711 g/mol. The highest BCUT2D eigenvalue weighted by atomic mass is 32.2. The van der Waals surface area contributed by atoms with E-state index in [1.54, 1.807) is 38.1 Å². The summed E-state index contributed by atoms with van der Waals surface area (Å²) in [7, 11) is -7.80. The zero-order chi connectivity index (χ0) is 34.7. The Morgan fingerprint density at radius 3 is 2.52 bits per heavy atom. The van der Waals surface area contributed by atoms with Gasteiger partial charge in [0.15, 0.2) is 17.8 Å². The second-order valence-electron chi connectivity index (χ2n) is 13.1. The van der Waals surface area contributed by atoms with Crippen LogP contribution >= 0.6 is 0 Å². The molecule has 266 valence electrons. The first-order valence-electron chi connectivity index (χ1n) is 16.0. The Morgan fingerprint density at radius 1 is 1.08 bits per heavy atom. The number of aliphatic hydroxyl groups is 1. The molecule has 2 saturated heterocycles. The molecule has 2 aromatic carbocycles. The number of benzene rings is 2. The number of amides is 1. The van der Waals surface area contributed by atoms with Gasteiger partial charge in [-0.15, -0.1) is 0 Å². The summed E-state index contributed by atoms with van der Waals surface area (Å²) in [6, 6.07) is 11.5. The quantitative estimate of drug-likeness (QED) is 0.255. The van der Waals surface area contributed by atoms with Crippen molar-refractivity contribution >= 4 is 26.1 Å². The fourth-order valence-electron chi connectivity index (χ4n) is 6.49. The number of hydrogen-bond donors (Lipinski definition) is 2. The van der Waals surface area contributed by atoms with E-state index in [4.69, 9.17) is 18.9 Å². The van der Waals surface area contributed by atoms with Crippen molar-refractivity contribution in [2.24, 2.45) is 11.3 Å². The second-order valence-corrected chi connectivity index (χ2v) is 17.1. The molecule has 0 spiro atoms. The van der Waals surface area contributed by atoms with Crippen LogP contribution in [0.25, 0.3) is 0 Å². The highest BCUT2D eigenvalue weighted by Crippen LogP contribution is 2.38. The Hall–Kier alpha value is -2.99. The van der Waals surface area contributed by atoms with E-state index in [0.29, 0.717) is 18.8 Å². The van der Waals surface area contributed by atoms with Crippen LogP contribution in [0.1, 0.15) is 39.2 Å². The van der Waals surface area contributed by atoms with E-state index >= 15 is 0 Å². The maximum Gasteiger partial charge on any atom is 0.243 e. The Labute approximate surface area is 282 Å². The molecule has 0 bridgehead atoms. The molecule has 2 N–H and O–H groups in total. The minimum atomic E-state index is -4.32. The molecule has 0 aliphatic carbocycles. The minimum absolute atomic E-state index is 0.0429. The number of ether oxygens (including phenoxy) is 4. The van der Waals surface area contributed by atoms with Crippen LogP contribution < -0.4 is 19.3 Å². The molecule has 2 fully saturated rings. The average Bonchev–Trinajstić information content (AvgIpc) is 3.79. The van der Waals surface area contributed by atoms with Crippen LogP contribution in [-0.2, 0) is 35.9 Å². The molecule has 2 aromatic rings. The van der Waals surface area contributed by atoms with Crippen LogP contribution in [0.5, 0.6) is 11.5 Å². The third kappa shape index (κ3) is 8.41. The topological polar surface area (TPSA) is 184 Å². The lowest BCUT2D eigenvalue weighted by molar-refractivity contribution is -0.273. The number of sulfonamides is 2. The molecule has 48 heavy (non-hydrogen) atoms. The van der Waals surface area contributed by atoms with E-state index in [-0.39, 0.29) is 61.6 Å². The fraction of sp³-hybridized carbons (Fsp3) is 0.594. The predicted octanol–water partition coefficient (Wildman–Crippen LogP) is 1.14. The SMILES string of the molecule is CCS(=O)(=O)NCCC(C)(C)CN(C[C@@H](O)[C@H](Cc1ccccc1)N(C(=O)[O-])[C@H]1CO[C@H]2OCC[C@H]21)S(=O)(=O)c1ccc2c(c1)OCO2. The summed E-state index contributed by atoms with van der Waals surface area (Å²) in [4.78, 5) is 13.9.